The highest BCUT2D eigenvalue weighted by atomic mass is 19.4. The van der Waals surface area contributed by atoms with E-state index in [1.807, 2.05) is 35.0 Å². The minimum Gasteiger partial charge on any atom is -0.474 e. The first-order valence-electron chi connectivity index (χ1n) is 9.92. The number of ether oxygens (including phenoxy) is 1. The lowest BCUT2D eigenvalue weighted by Crippen LogP contribution is -2.41. The maximum Gasteiger partial charge on any atom is 0.417 e. The maximum absolute atomic E-state index is 12.8. The van der Waals surface area contributed by atoms with E-state index >= 15 is 0 Å². The van der Waals surface area contributed by atoms with Crippen molar-refractivity contribution in [2.24, 2.45) is 0 Å². The van der Waals surface area contributed by atoms with Gasteiger partial charge in [0.25, 0.3) is 5.91 Å². The first kappa shape index (κ1) is 20.9. The van der Waals surface area contributed by atoms with Crippen molar-refractivity contribution in [1.29, 1.82) is 0 Å². The van der Waals surface area contributed by atoms with Crippen LogP contribution in [0.3, 0.4) is 0 Å². The van der Waals surface area contributed by atoms with Crippen LogP contribution in [0.4, 0.5) is 13.2 Å². The molecule has 0 spiro atoms. The second-order valence-corrected chi connectivity index (χ2v) is 7.42. The number of hydrogen-bond acceptors (Lipinski definition) is 4. The third-order valence-corrected chi connectivity index (χ3v) is 5.21. The van der Waals surface area contributed by atoms with Gasteiger partial charge < -0.3 is 14.2 Å². The Bertz CT molecular complexity index is 995. The van der Waals surface area contributed by atoms with E-state index in [0.717, 1.165) is 17.8 Å². The largest absolute Gasteiger partial charge is 0.474 e. The van der Waals surface area contributed by atoms with Crippen LogP contribution in [0.5, 0.6) is 5.88 Å². The number of alkyl halides is 3. The molecule has 1 aliphatic rings. The van der Waals surface area contributed by atoms with E-state index < -0.39 is 11.7 Å². The zero-order valence-electron chi connectivity index (χ0n) is 16.6. The molecule has 1 aromatic carbocycles. The Morgan fingerprint density at radius 3 is 2.42 bits per heavy atom. The highest BCUT2D eigenvalue weighted by Crippen LogP contribution is 2.29. The molecule has 162 valence electrons. The van der Waals surface area contributed by atoms with Gasteiger partial charge in [-0.25, -0.2) is 9.97 Å². The number of benzene rings is 1. The number of piperidine rings is 1. The van der Waals surface area contributed by atoms with Crippen molar-refractivity contribution in [3.63, 3.8) is 0 Å². The molecule has 0 aliphatic carbocycles. The fourth-order valence-corrected chi connectivity index (χ4v) is 3.49. The Balaban J connectivity index is 1.28. The number of pyridine rings is 1. The molecular formula is C22H21F3N4O2. The van der Waals surface area contributed by atoms with Crippen LogP contribution < -0.4 is 4.74 Å². The van der Waals surface area contributed by atoms with E-state index in [1.165, 1.54) is 6.07 Å². The van der Waals surface area contributed by atoms with E-state index in [9.17, 15) is 18.0 Å². The summed E-state index contributed by atoms with van der Waals surface area (Å²) < 4.78 is 45.5. The number of hydrogen-bond donors (Lipinski definition) is 0. The van der Waals surface area contributed by atoms with Crippen molar-refractivity contribution >= 4 is 5.91 Å². The van der Waals surface area contributed by atoms with Crippen molar-refractivity contribution in [2.75, 3.05) is 13.1 Å². The molecule has 1 saturated heterocycles. The molecule has 3 aromatic rings. The molecule has 0 saturated carbocycles. The summed E-state index contributed by atoms with van der Waals surface area (Å²) in [6.07, 6.45) is 2.68. The first-order chi connectivity index (χ1) is 14.9. The Labute approximate surface area is 177 Å². The molecular weight excluding hydrogens is 409 g/mol. The van der Waals surface area contributed by atoms with Gasteiger partial charge in [0.1, 0.15) is 6.10 Å². The van der Waals surface area contributed by atoms with E-state index in [-0.39, 0.29) is 17.9 Å². The molecule has 1 fully saturated rings. The fourth-order valence-electron chi connectivity index (χ4n) is 3.49. The van der Waals surface area contributed by atoms with Crippen molar-refractivity contribution in [1.82, 2.24) is 19.4 Å². The topological polar surface area (TPSA) is 60.2 Å². The Morgan fingerprint density at radius 2 is 1.84 bits per heavy atom. The molecule has 31 heavy (non-hydrogen) atoms. The van der Waals surface area contributed by atoms with Gasteiger partial charge in [0, 0.05) is 62.7 Å². The number of rotatable bonds is 5. The lowest BCUT2D eigenvalue weighted by Gasteiger charge is -2.32. The standard InChI is InChI=1S/C22H21F3N4O2/c23-22(24,25)18-5-6-20(27-13-18)31-19-7-10-29(11-8-19)21(30)17-3-1-16(2-4-17)14-28-12-9-26-15-28/h1-6,9,12-13,15,19H,7-8,10-11,14H2. The Hall–Kier alpha value is -3.36. The number of nitrogens with zero attached hydrogens (tertiary/aromatic N) is 4. The third-order valence-electron chi connectivity index (χ3n) is 5.21. The smallest absolute Gasteiger partial charge is 0.417 e. The van der Waals surface area contributed by atoms with Gasteiger partial charge in [0.05, 0.1) is 11.9 Å². The summed E-state index contributed by atoms with van der Waals surface area (Å²) in [5.74, 6) is 0.117. The zero-order valence-corrected chi connectivity index (χ0v) is 16.6. The molecule has 9 heteroatoms. The average molecular weight is 430 g/mol. The number of aromatic nitrogens is 3. The summed E-state index contributed by atoms with van der Waals surface area (Å²) in [4.78, 5) is 22.3. The summed E-state index contributed by atoms with van der Waals surface area (Å²) in [6.45, 7) is 1.72. The lowest BCUT2D eigenvalue weighted by molar-refractivity contribution is -0.137. The summed E-state index contributed by atoms with van der Waals surface area (Å²) >= 11 is 0. The zero-order chi connectivity index (χ0) is 21.8. The number of likely N-dealkylation sites (tertiary alicyclic amines) is 1. The number of amides is 1. The van der Waals surface area contributed by atoms with Crippen LogP contribution in [-0.2, 0) is 12.7 Å². The first-order valence-corrected chi connectivity index (χ1v) is 9.92. The highest BCUT2D eigenvalue weighted by molar-refractivity contribution is 5.94. The predicted molar refractivity (Wildman–Crippen MR) is 107 cm³/mol. The average Bonchev–Trinajstić information content (AvgIpc) is 3.27. The van der Waals surface area contributed by atoms with Crippen LogP contribution in [0.15, 0.2) is 61.3 Å². The minimum atomic E-state index is -4.42. The molecule has 4 rings (SSSR count). The summed E-state index contributed by atoms with van der Waals surface area (Å²) in [5.41, 5.74) is 0.889. The van der Waals surface area contributed by atoms with Gasteiger partial charge in [-0.3, -0.25) is 4.79 Å². The van der Waals surface area contributed by atoms with E-state index in [2.05, 4.69) is 9.97 Å². The van der Waals surface area contributed by atoms with Gasteiger partial charge in [-0.05, 0) is 23.8 Å². The molecule has 0 N–H and O–H groups in total. The van der Waals surface area contributed by atoms with Crippen LogP contribution in [0.25, 0.3) is 0 Å². The fraction of sp³-hybridized carbons (Fsp3) is 0.318. The van der Waals surface area contributed by atoms with E-state index in [4.69, 9.17) is 4.74 Å². The second kappa shape index (κ2) is 8.79. The van der Waals surface area contributed by atoms with Gasteiger partial charge in [-0.1, -0.05) is 12.1 Å². The van der Waals surface area contributed by atoms with Crippen LogP contribution in [-0.4, -0.2) is 44.5 Å². The summed E-state index contributed by atoms with van der Waals surface area (Å²) in [7, 11) is 0. The van der Waals surface area contributed by atoms with E-state index in [0.29, 0.717) is 38.0 Å². The summed E-state index contributed by atoms with van der Waals surface area (Å²) in [6, 6.07) is 9.69. The molecule has 0 atom stereocenters. The van der Waals surface area contributed by atoms with Gasteiger partial charge >= 0.3 is 6.18 Å². The summed E-state index contributed by atoms with van der Waals surface area (Å²) in [5, 5.41) is 0. The van der Waals surface area contributed by atoms with Crippen molar-refractivity contribution in [3.05, 3.63) is 78.0 Å². The predicted octanol–water partition coefficient (Wildman–Crippen LogP) is 4.03. The number of carbonyl (C=O) groups excluding carboxylic acids is 1. The normalized spacial score (nSPS) is 15.1. The quantitative estimate of drug-likeness (QED) is 0.613. The Kier molecular flexibility index (Phi) is 5.92. The van der Waals surface area contributed by atoms with Crippen molar-refractivity contribution in [3.8, 4) is 5.88 Å². The van der Waals surface area contributed by atoms with Gasteiger partial charge in [0.15, 0.2) is 0 Å². The van der Waals surface area contributed by atoms with Crippen LogP contribution in [0.1, 0.15) is 34.3 Å². The molecule has 0 radical (unpaired) electrons. The van der Waals surface area contributed by atoms with Crippen LogP contribution >= 0.6 is 0 Å². The second-order valence-electron chi connectivity index (χ2n) is 7.42. The van der Waals surface area contributed by atoms with Gasteiger partial charge in [0.2, 0.25) is 5.88 Å². The molecule has 1 aliphatic heterocycles. The third kappa shape index (κ3) is 5.22. The lowest BCUT2D eigenvalue weighted by atomic mass is 10.1. The molecule has 0 bridgehead atoms. The number of imidazole rings is 1. The highest BCUT2D eigenvalue weighted by Gasteiger charge is 2.31. The Morgan fingerprint density at radius 1 is 1.10 bits per heavy atom. The molecule has 3 heterocycles. The van der Waals surface area contributed by atoms with E-state index in [1.54, 1.807) is 17.4 Å². The monoisotopic (exact) mass is 430 g/mol. The number of halogens is 3. The van der Waals surface area contributed by atoms with Crippen LogP contribution in [0.2, 0.25) is 0 Å². The molecule has 6 nitrogen and oxygen atoms in total. The van der Waals surface area contributed by atoms with Gasteiger partial charge in [-0.15, -0.1) is 0 Å². The molecule has 1 amide bonds. The SMILES string of the molecule is O=C(c1ccc(Cn2ccnc2)cc1)N1CCC(Oc2ccc(C(F)(F)F)cn2)CC1. The van der Waals surface area contributed by atoms with Crippen LogP contribution in [0, 0.1) is 0 Å². The number of carbonyl (C=O) groups is 1. The molecule has 0 unspecified atom stereocenters. The molecule has 2 aromatic heterocycles. The van der Waals surface area contributed by atoms with Crippen molar-refractivity contribution in [2.45, 2.75) is 31.7 Å². The van der Waals surface area contributed by atoms with Gasteiger partial charge in [-0.2, -0.15) is 13.2 Å². The van der Waals surface area contributed by atoms with Crippen molar-refractivity contribution < 1.29 is 22.7 Å². The minimum absolute atomic E-state index is 0.0414. The maximum atomic E-state index is 12.8.